The van der Waals surface area contributed by atoms with Crippen molar-refractivity contribution < 1.29 is 22.8 Å². The Hall–Kier alpha value is -1.70. The van der Waals surface area contributed by atoms with Crippen LogP contribution in [0.25, 0.3) is 0 Å². The van der Waals surface area contributed by atoms with Crippen molar-refractivity contribution in [1.82, 2.24) is 5.32 Å². The van der Waals surface area contributed by atoms with E-state index in [1.54, 1.807) is 13.8 Å². The summed E-state index contributed by atoms with van der Waals surface area (Å²) in [7, 11) is 0. The van der Waals surface area contributed by atoms with Gasteiger partial charge in [0.2, 0.25) is 5.91 Å². The lowest BCUT2D eigenvalue weighted by Crippen LogP contribution is -2.42. The molecule has 2 amide bonds. The van der Waals surface area contributed by atoms with E-state index >= 15 is 0 Å². The van der Waals surface area contributed by atoms with E-state index in [9.17, 15) is 22.8 Å². The van der Waals surface area contributed by atoms with Crippen LogP contribution >= 0.6 is 11.8 Å². The van der Waals surface area contributed by atoms with Crippen molar-refractivity contribution in [2.75, 3.05) is 10.8 Å². The first-order chi connectivity index (χ1) is 10.2. The van der Waals surface area contributed by atoms with Crippen LogP contribution in [-0.4, -0.2) is 23.1 Å². The Balaban J connectivity index is 2.15. The van der Waals surface area contributed by atoms with E-state index in [0.717, 1.165) is 12.1 Å². The molecule has 0 radical (unpaired) electrons. The SMILES string of the molecule is CC(C)C(=O)NC1SCN(c2cccc(C(F)(F)F)c2)C1=O. The molecule has 4 nitrogen and oxygen atoms in total. The van der Waals surface area contributed by atoms with E-state index in [-0.39, 0.29) is 23.4 Å². The zero-order valence-corrected chi connectivity index (χ0v) is 12.8. The first-order valence-corrected chi connectivity index (χ1v) is 7.65. The van der Waals surface area contributed by atoms with Gasteiger partial charge in [-0.15, -0.1) is 11.8 Å². The Morgan fingerprint density at radius 1 is 1.41 bits per heavy atom. The van der Waals surface area contributed by atoms with Crippen LogP contribution in [-0.2, 0) is 15.8 Å². The maximum absolute atomic E-state index is 12.7. The van der Waals surface area contributed by atoms with Crippen molar-refractivity contribution >= 4 is 29.3 Å². The monoisotopic (exact) mass is 332 g/mol. The molecule has 0 aromatic heterocycles. The molecule has 1 fully saturated rings. The van der Waals surface area contributed by atoms with Crippen LogP contribution in [0.15, 0.2) is 24.3 Å². The van der Waals surface area contributed by atoms with Crippen molar-refractivity contribution in [3.05, 3.63) is 29.8 Å². The molecule has 2 rings (SSSR count). The van der Waals surface area contributed by atoms with E-state index in [1.807, 2.05) is 0 Å². The molecule has 1 N–H and O–H groups in total. The standard InChI is InChI=1S/C14H15F3N2O2S/c1-8(2)11(20)18-12-13(21)19(7-22-12)10-5-3-4-9(6-10)14(15,16)17/h3-6,8,12H,7H2,1-2H3,(H,18,20). The summed E-state index contributed by atoms with van der Waals surface area (Å²) in [5.41, 5.74) is -0.633. The highest BCUT2D eigenvalue weighted by Gasteiger charge is 2.36. The highest BCUT2D eigenvalue weighted by molar-refractivity contribution is 8.01. The van der Waals surface area contributed by atoms with Crippen LogP contribution in [0.4, 0.5) is 18.9 Å². The quantitative estimate of drug-likeness (QED) is 0.926. The molecule has 0 spiro atoms. The number of thioether (sulfide) groups is 1. The number of amides is 2. The fourth-order valence-corrected chi connectivity index (χ4v) is 2.92. The number of rotatable bonds is 3. The van der Waals surface area contributed by atoms with E-state index < -0.39 is 23.0 Å². The van der Waals surface area contributed by atoms with Gasteiger partial charge >= 0.3 is 6.18 Å². The van der Waals surface area contributed by atoms with Crippen LogP contribution in [0.3, 0.4) is 0 Å². The fourth-order valence-electron chi connectivity index (χ4n) is 1.88. The third-order valence-corrected chi connectivity index (χ3v) is 4.20. The number of hydrogen-bond donors (Lipinski definition) is 1. The Kier molecular flexibility index (Phi) is 4.69. The van der Waals surface area contributed by atoms with Crippen LogP contribution in [0.5, 0.6) is 0 Å². The second-order valence-electron chi connectivity index (χ2n) is 5.15. The minimum Gasteiger partial charge on any atom is -0.336 e. The molecule has 120 valence electrons. The first kappa shape index (κ1) is 16.7. The second kappa shape index (κ2) is 6.20. The van der Waals surface area contributed by atoms with Crippen LogP contribution in [0, 0.1) is 5.92 Å². The Morgan fingerprint density at radius 3 is 2.68 bits per heavy atom. The van der Waals surface area contributed by atoms with Gasteiger partial charge in [-0.05, 0) is 18.2 Å². The molecule has 1 aromatic rings. The van der Waals surface area contributed by atoms with Gasteiger partial charge in [-0.1, -0.05) is 19.9 Å². The molecule has 1 aromatic carbocycles. The third kappa shape index (κ3) is 3.55. The highest BCUT2D eigenvalue weighted by atomic mass is 32.2. The summed E-state index contributed by atoms with van der Waals surface area (Å²) in [5.74, 6) is -0.755. The fraction of sp³-hybridized carbons (Fsp3) is 0.429. The summed E-state index contributed by atoms with van der Waals surface area (Å²) in [4.78, 5) is 25.1. The van der Waals surface area contributed by atoms with Gasteiger partial charge in [0, 0.05) is 11.6 Å². The van der Waals surface area contributed by atoms with Gasteiger partial charge < -0.3 is 10.2 Å². The number of anilines is 1. The van der Waals surface area contributed by atoms with Crippen LogP contribution < -0.4 is 10.2 Å². The maximum Gasteiger partial charge on any atom is 0.416 e. The summed E-state index contributed by atoms with van der Waals surface area (Å²) < 4.78 is 38.2. The lowest BCUT2D eigenvalue weighted by atomic mass is 10.2. The number of benzene rings is 1. The minimum atomic E-state index is -4.46. The smallest absolute Gasteiger partial charge is 0.336 e. The molecule has 22 heavy (non-hydrogen) atoms. The molecular weight excluding hydrogens is 317 g/mol. The van der Waals surface area contributed by atoms with E-state index in [2.05, 4.69) is 5.32 Å². The first-order valence-electron chi connectivity index (χ1n) is 6.61. The number of carbonyl (C=O) groups is 2. The molecule has 8 heteroatoms. The summed E-state index contributed by atoms with van der Waals surface area (Å²) in [5, 5.41) is 1.82. The van der Waals surface area contributed by atoms with Gasteiger partial charge in [-0.2, -0.15) is 13.2 Å². The number of carbonyl (C=O) groups excluding carboxylic acids is 2. The number of nitrogens with one attached hydrogen (secondary N) is 1. The van der Waals surface area contributed by atoms with Gasteiger partial charge in [0.15, 0.2) is 5.37 Å². The zero-order chi connectivity index (χ0) is 16.5. The number of hydrogen-bond acceptors (Lipinski definition) is 3. The Bertz CT molecular complexity index is 590. The zero-order valence-electron chi connectivity index (χ0n) is 12.0. The lowest BCUT2D eigenvalue weighted by molar-refractivity contribution is -0.137. The van der Waals surface area contributed by atoms with Crippen molar-refractivity contribution in [1.29, 1.82) is 0 Å². The molecule has 0 aliphatic carbocycles. The van der Waals surface area contributed by atoms with Gasteiger partial charge in [0.05, 0.1) is 11.4 Å². The molecule has 0 saturated carbocycles. The van der Waals surface area contributed by atoms with Crippen molar-refractivity contribution in [3.8, 4) is 0 Å². The number of alkyl halides is 3. The predicted octanol–water partition coefficient (Wildman–Crippen LogP) is 2.84. The average Bonchev–Trinajstić information content (AvgIpc) is 2.79. The number of halogens is 3. The summed E-state index contributed by atoms with van der Waals surface area (Å²) >= 11 is 1.18. The van der Waals surface area contributed by atoms with Crippen LogP contribution in [0.2, 0.25) is 0 Å². The number of nitrogens with zero attached hydrogens (tertiary/aromatic N) is 1. The normalized spacial score (nSPS) is 18.9. The van der Waals surface area contributed by atoms with Crippen molar-refractivity contribution in [2.24, 2.45) is 5.92 Å². The van der Waals surface area contributed by atoms with E-state index in [1.165, 1.54) is 28.8 Å². The predicted molar refractivity (Wildman–Crippen MR) is 78.2 cm³/mol. The van der Waals surface area contributed by atoms with Crippen LogP contribution in [0.1, 0.15) is 19.4 Å². The molecule has 1 heterocycles. The molecular formula is C14H15F3N2O2S. The summed E-state index contributed by atoms with van der Waals surface area (Å²) in [6, 6.07) is 4.59. The summed E-state index contributed by atoms with van der Waals surface area (Å²) in [6.45, 7) is 3.40. The van der Waals surface area contributed by atoms with Crippen molar-refractivity contribution in [2.45, 2.75) is 25.4 Å². The lowest BCUT2D eigenvalue weighted by Gasteiger charge is -2.18. The Morgan fingerprint density at radius 2 is 2.09 bits per heavy atom. The molecule has 1 atom stereocenters. The van der Waals surface area contributed by atoms with Crippen molar-refractivity contribution in [3.63, 3.8) is 0 Å². The van der Waals surface area contributed by atoms with Gasteiger partial charge in [-0.25, -0.2) is 0 Å². The van der Waals surface area contributed by atoms with E-state index in [4.69, 9.17) is 0 Å². The van der Waals surface area contributed by atoms with Gasteiger partial charge in [0.25, 0.3) is 5.91 Å². The summed E-state index contributed by atoms with van der Waals surface area (Å²) in [6.07, 6.45) is -4.46. The average molecular weight is 332 g/mol. The van der Waals surface area contributed by atoms with Gasteiger partial charge in [0.1, 0.15) is 0 Å². The maximum atomic E-state index is 12.7. The third-order valence-electron chi connectivity index (χ3n) is 3.14. The molecule has 0 bridgehead atoms. The molecule has 1 unspecified atom stereocenters. The topological polar surface area (TPSA) is 49.4 Å². The molecule has 1 aliphatic heterocycles. The molecule has 1 aliphatic rings. The minimum absolute atomic E-state index is 0.175. The van der Waals surface area contributed by atoms with Gasteiger partial charge in [-0.3, -0.25) is 9.59 Å². The second-order valence-corrected chi connectivity index (χ2v) is 6.22. The molecule has 1 saturated heterocycles. The highest BCUT2D eigenvalue weighted by Crippen LogP contribution is 2.34. The largest absolute Gasteiger partial charge is 0.416 e. The van der Waals surface area contributed by atoms with E-state index in [0.29, 0.717) is 0 Å². The Labute approximate surface area is 130 Å².